The predicted molar refractivity (Wildman–Crippen MR) is 567 cm³/mol. The molecule has 9 saturated heterocycles. The van der Waals surface area contributed by atoms with Crippen molar-refractivity contribution in [1.82, 2.24) is 106 Å². The minimum absolute atomic E-state index is 0. The first-order valence-corrected chi connectivity index (χ1v) is 48.8. The van der Waals surface area contributed by atoms with Crippen LogP contribution in [0.1, 0.15) is 105 Å². The number of hydrogen-bond acceptors (Lipinski definition) is 26. The molecule has 4 atom stereocenters. The number of piperidine rings is 5. The van der Waals surface area contributed by atoms with Crippen LogP contribution in [0.3, 0.4) is 0 Å². The van der Waals surface area contributed by atoms with Crippen molar-refractivity contribution in [3.8, 4) is 56.3 Å². The summed E-state index contributed by atoms with van der Waals surface area (Å²) in [5, 5.41) is 49.1. The number of aromatic nitrogens is 21. The van der Waals surface area contributed by atoms with E-state index in [0.717, 1.165) is 244 Å². The highest BCUT2D eigenvalue weighted by Gasteiger charge is 2.48. The Hall–Kier alpha value is -9.42. The Labute approximate surface area is 865 Å². The Morgan fingerprint density at radius 1 is 0.343 bits per heavy atom. The summed E-state index contributed by atoms with van der Waals surface area (Å²) in [6.45, 7) is 27.4. The third-order valence-electron chi connectivity index (χ3n) is 30.3. The van der Waals surface area contributed by atoms with Gasteiger partial charge in [-0.3, -0.25) is 25.5 Å². The van der Waals surface area contributed by atoms with Crippen LogP contribution in [0.2, 0.25) is 30.3 Å². The number of rotatable bonds is 11. The van der Waals surface area contributed by atoms with Gasteiger partial charge in [0.1, 0.15) is 73.5 Å². The van der Waals surface area contributed by atoms with Crippen molar-refractivity contribution in [3.05, 3.63) is 170 Å². The topological polar surface area (TPSA) is 359 Å². The molecule has 140 heavy (non-hydrogen) atoms. The highest BCUT2D eigenvalue weighted by Crippen LogP contribution is 2.50. The summed E-state index contributed by atoms with van der Waals surface area (Å²) < 4.78 is 50.9. The minimum atomic E-state index is -0.582. The Balaban J connectivity index is 0.000000125. The van der Waals surface area contributed by atoms with Gasteiger partial charge in [-0.25, -0.2) is 63.6 Å². The standard InChI is InChI=1S/C20H21Cl2N5O.C20H21ClFN5O.C20H22ClN5O.C19H21ClN6O.C18H19ClFN5O.4H2S/c1-12-10-28-11-20(12)5-7-27(8-6-20)15-9-23-18-17(25-26-19(18)24-15)13-3-2-4-14(21)16(13)22;1-12-10-28-11-20(12)5-7-27(8-6-20)15-9-23-18-17(25-26-19(18)24-15)16-13(21)3-2-4-14(16)22;1-13-11-27-12-20(13)6-8-26(9-7-20)16-10-22-18-17(24-25-19(18)23-16)14-4-2-3-5-15(14)21;1-12-10-27-11-19(12)4-7-26(8-5-19)14-9-22-16-15(24-25-18(16)23-14)13-3-2-6-21-17(13)20;1-2-18(26)6-8-25(9-7-18)13-10-21-16-15(23-24-17(16)22-13)11-4-3-5-12(20)14(11)19;;;;/h2*2-4,9,12H,5-8,10-11H2,1H3,(H,24,25,26);2-5,10,13H,6-9,11-12H2,1H3,(H,23,24,25);2-3,6,9,12H,4-5,7-8,10-11H2,1H3,(H,23,24,25);3-5,10,26H,2,6-9H2,1H3,(H,22,23,24);4*1H2/t2*12-;13-;12-;;;;;/m1111...../s1. The molecule has 15 aromatic rings. The molecule has 0 aliphatic carbocycles. The van der Waals surface area contributed by atoms with Crippen molar-refractivity contribution in [1.29, 1.82) is 0 Å². The van der Waals surface area contributed by atoms with E-state index < -0.39 is 17.2 Å². The average Bonchev–Trinajstić information content (AvgIpc) is 1.65. The van der Waals surface area contributed by atoms with Gasteiger partial charge in [0.25, 0.3) is 0 Å². The lowest BCUT2D eigenvalue weighted by molar-refractivity contribution is 0.0124. The fourth-order valence-corrected chi connectivity index (χ4v) is 22.1. The lowest BCUT2D eigenvalue weighted by Crippen LogP contribution is -2.44. The van der Waals surface area contributed by atoms with Crippen LogP contribution in [0.25, 0.3) is 112 Å². The first-order chi connectivity index (χ1) is 66.0. The zero-order chi connectivity index (χ0) is 93.8. The van der Waals surface area contributed by atoms with Gasteiger partial charge in [-0.05, 0) is 137 Å². The summed E-state index contributed by atoms with van der Waals surface area (Å²) in [7, 11) is 0. The van der Waals surface area contributed by atoms with Crippen molar-refractivity contribution in [2.75, 3.05) is 143 Å². The van der Waals surface area contributed by atoms with Gasteiger partial charge in [0.05, 0.1) is 122 Å². The highest BCUT2D eigenvalue weighted by molar-refractivity contribution is 7.59. The number of benzene rings is 4. The van der Waals surface area contributed by atoms with Gasteiger partial charge in [0, 0.05) is 142 Å². The maximum absolute atomic E-state index is 14.3. The molecule has 0 bridgehead atoms. The summed E-state index contributed by atoms with van der Waals surface area (Å²) in [6.07, 6.45) is 21.7. The summed E-state index contributed by atoms with van der Waals surface area (Å²) >= 11 is 37.3. The Morgan fingerprint density at radius 3 is 0.986 bits per heavy atom. The number of halogens is 8. The molecule has 0 amide bonds. The zero-order valence-electron chi connectivity index (χ0n) is 77.9. The Morgan fingerprint density at radius 2 is 0.636 bits per heavy atom. The van der Waals surface area contributed by atoms with Gasteiger partial charge in [0.15, 0.2) is 0 Å². The Bertz CT molecular complexity index is 6690. The maximum atomic E-state index is 14.3. The van der Waals surface area contributed by atoms with Crippen LogP contribution in [-0.2, 0) is 18.9 Å². The van der Waals surface area contributed by atoms with Crippen molar-refractivity contribution >= 4 is 208 Å². The zero-order valence-corrected chi connectivity index (χ0v) is 86.5. The molecule has 6 N–H and O–H groups in total. The number of ether oxygens (including phenoxy) is 4. The molecule has 20 heterocycles. The van der Waals surface area contributed by atoms with Crippen LogP contribution in [0, 0.1) is 57.0 Å². The number of fused-ring (bicyclic) bond motifs is 5. The van der Waals surface area contributed by atoms with Gasteiger partial charge in [-0.1, -0.05) is 153 Å². The molecule has 24 rings (SSSR count). The molecule has 4 spiro atoms. The average molecular weight is 2100 g/mol. The number of nitrogens with one attached hydrogen (secondary N) is 5. The molecule has 740 valence electrons. The van der Waals surface area contributed by atoms with Gasteiger partial charge >= 0.3 is 0 Å². The number of hydrogen-bond donors (Lipinski definition) is 6. The second-order valence-electron chi connectivity index (χ2n) is 37.7. The minimum Gasteiger partial charge on any atom is -0.390 e. The van der Waals surface area contributed by atoms with E-state index in [9.17, 15) is 13.9 Å². The molecular weight excluding hydrogens is 1990 g/mol. The monoisotopic (exact) mass is 2100 g/mol. The van der Waals surface area contributed by atoms with E-state index >= 15 is 0 Å². The third kappa shape index (κ3) is 20.5. The largest absolute Gasteiger partial charge is 0.390 e. The van der Waals surface area contributed by atoms with Gasteiger partial charge in [0.2, 0.25) is 28.2 Å². The van der Waals surface area contributed by atoms with Crippen molar-refractivity contribution in [2.45, 2.75) is 111 Å². The molecule has 9 aliphatic rings. The van der Waals surface area contributed by atoms with Crippen LogP contribution in [0.4, 0.5) is 37.9 Å². The van der Waals surface area contributed by atoms with Crippen LogP contribution in [-0.4, -0.2) is 235 Å². The summed E-state index contributed by atoms with van der Waals surface area (Å²) in [6, 6.07) is 26.1. The van der Waals surface area contributed by atoms with E-state index in [1.165, 1.54) is 12.1 Å². The molecule has 43 heteroatoms. The van der Waals surface area contributed by atoms with Gasteiger partial charge in [-0.15, -0.1) is 0 Å². The smallest absolute Gasteiger partial charge is 0.202 e. The number of aromatic amines is 5. The number of nitrogens with zero attached hydrogens (tertiary/aromatic N) is 21. The van der Waals surface area contributed by atoms with E-state index in [0.29, 0.717) is 151 Å². The predicted octanol–water partition coefficient (Wildman–Crippen LogP) is 19.9. The van der Waals surface area contributed by atoms with E-state index in [1.807, 2.05) is 74.0 Å². The number of pyridine rings is 1. The molecule has 9 fully saturated rings. The maximum Gasteiger partial charge on any atom is 0.202 e. The van der Waals surface area contributed by atoms with E-state index in [4.69, 9.17) is 104 Å². The molecule has 11 aromatic heterocycles. The first-order valence-electron chi connectivity index (χ1n) is 46.5. The van der Waals surface area contributed by atoms with Crippen LogP contribution < -0.4 is 24.5 Å². The van der Waals surface area contributed by atoms with Gasteiger partial charge < -0.3 is 48.6 Å². The number of anilines is 5. The lowest BCUT2D eigenvalue weighted by Gasteiger charge is -2.41. The number of H-pyrrole nitrogens is 5. The summed E-state index contributed by atoms with van der Waals surface area (Å²) in [4.78, 5) is 61.8. The fraction of sp³-hybridized carbons (Fsp3) is 0.443. The quantitative estimate of drug-likeness (QED) is 0.0655. The normalized spacial score (nSPS) is 20.3. The molecule has 4 aromatic carbocycles. The van der Waals surface area contributed by atoms with Crippen molar-refractivity contribution < 1.29 is 32.8 Å². The van der Waals surface area contributed by atoms with Gasteiger partial charge in [-0.2, -0.15) is 79.5 Å². The third-order valence-corrected chi connectivity index (χ3v) is 32.5. The van der Waals surface area contributed by atoms with Crippen LogP contribution >= 0.6 is 124 Å². The molecular formula is C97H112Cl6F2N26O5S4. The van der Waals surface area contributed by atoms with Crippen LogP contribution in [0.15, 0.2) is 128 Å². The molecule has 0 saturated carbocycles. The number of aliphatic hydroxyl groups is 1. The highest BCUT2D eigenvalue weighted by atomic mass is 35.5. The SMILES string of the molecule is CCC1(O)CCN(c2cnc3c(-c4cccc(F)c4Cl)[nH]nc3n2)CC1.C[C@@H]1COCC12CCN(c1cnc3c(-c4c(F)cccc4Cl)[nH]nc3n1)CC2.C[C@@H]1COCC12CCN(c1cnc3c(-c4cccc(Cl)c4Cl)[nH]nc3n1)CC2.C[C@@H]1COCC12CCN(c1cnc3c(-c4ccccc4Cl)[nH]nc3n1)CC2.C[C@@H]1COCC12CCN(c1cnc3c(-c4cccnc4Cl)[nH]nc3n1)CC2.S.S.S.S. The van der Waals surface area contributed by atoms with Crippen molar-refractivity contribution in [3.63, 3.8) is 0 Å². The molecule has 31 nitrogen and oxygen atoms in total. The second-order valence-corrected chi connectivity index (χ2v) is 40.1. The first kappa shape index (κ1) is 103. The van der Waals surface area contributed by atoms with E-state index in [1.54, 1.807) is 48.9 Å². The molecule has 0 unspecified atom stereocenters. The Kier molecular flexibility index (Phi) is 32.2. The molecule has 0 radical (unpaired) electrons. The fourth-order valence-electron chi connectivity index (χ4n) is 20.8. The van der Waals surface area contributed by atoms with Crippen molar-refractivity contribution in [2.24, 2.45) is 45.3 Å². The van der Waals surface area contributed by atoms with E-state index in [2.05, 4.69) is 143 Å². The van der Waals surface area contributed by atoms with Crippen LogP contribution in [0.5, 0.6) is 0 Å². The summed E-state index contributed by atoms with van der Waals surface area (Å²) in [5.74, 6) is 5.73. The summed E-state index contributed by atoms with van der Waals surface area (Å²) in [5.41, 5.74) is 13.2. The second kappa shape index (κ2) is 43.6. The lowest BCUT2D eigenvalue weighted by atomic mass is 9.72. The van der Waals surface area contributed by atoms with E-state index in [-0.39, 0.29) is 64.6 Å². The molecule has 9 aliphatic heterocycles.